The van der Waals surface area contributed by atoms with Crippen LogP contribution in [0.5, 0.6) is 0 Å². The molecule has 1 aromatic carbocycles. The molecule has 0 aliphatic carbocycles. The van der Waals surface area contributed by atoms with E-state index in [9.17, 15) is 9.59 Å². The predicted molar refractivity (Wildman–Crippen MR) is 87.9 cm³/mol. The van der Waals surface area contributed by atoms with Gasteiger partial charge in [-0.1, -0.05) is 18.2 Å². The second-order valence-corrected chi connectivity index (χ2v) is 5.69. The Morgan fingerprint density at radius 3 is 2.70 bits per heavy atom. The number of pyridine rings is 1. The predicted octanol–water partition coefficient (Wildman–Crippen LogP) is 2.57. The number of carbonyl (C=O) groups excluding carboxylic acids is 2. The minimum Gasteiger partial charge on any atom is -0.338 e. The molecule has 1 saturated heterocycles. The summed E-state index contributed by atoms with van der Waals surface area (Å²) in [6.07, 6.45) is 4.84. The molecule has 1 N–H and O–H groups in total. The van der Waals surface area contributed by atoms with Crippen molar-refractivity contribution in [3.05, 3.63) is 60.4 Å². The molecule has 0 radical (unpaired) electrons. The van der Waals surface area contributed by atoms with Crippen LogP contribution in [0.15, 0.2) is 54.9 Å². The SMILES string of the molecule is O=C(Nc1ccccc1)C1CCCN(C(=O)c2cccnc2)C1. The fourth-order valence-electron chi connectivity index (χ4n) is 2.81. The third-order valence-corrected chi connectivity index (χ3v) is 4.03. The maximum atomic E-state index is 12.5. The summed E-state index contributed by atoms with van der Waals surface area (Å²) >= 11 is 0. The number of amides is 2. The van der Waals surface area contributed by atoms with Gasteiger partial charge in [0, 0.05) is 31.2 Å². The monoisotopic (exact) mass is 309 g/mol. The number of anilines is 1. The van der Waals surface area contributed by atoms with Gasteiger partial charge in [0.15, 0.2) is 0 Å². The van der Waals surface area contributed by atoms with Crippen LogP contribution >= 0.6 is 0 Å². The summed E-state index contributed by atoms with van der Waals surface area (Å²) < 4.78 is 0. The van der Waals surface area contributed by atoms with Crippen molar-refractivity contribution in [2.45, 2.75) is 12.8 Å². The van der Waals surface area contributed by atoms with Gasteiger partial charge in [0.2, 0.25) is 5.91 Å². The highest BCUT2D eigenvalue weighted by atomic mass is 16.2. The number of piperidine rings is 1. The molecule has 2 amide bonds. The van der Waals surface area contributed by atoms with E-state index in [4.69, 9.17) is 0 Å². The quantitative estimate of drug-likeness (QED) is 0.948. The number of aromatic nitrogens is 1. The van der Waals surface area contributed by atoms with E-state index in [1.807, 2.05) is 30.3 Å². The average Bonchev–Trinajstić information content (AvgIpc) is 2.63. The number of likely N-dealkylation sites (tertiary alicyclic amines) is 1. The Bertz CT molecular complexity index is 673. The summed E-state index contributed by atoms with van der Waals surface area (Å²) in [5, 5.41) is 2.92. The van der Waals surface area contributed by atoms with Gasteiger partial charge in [-0.05, 0) is 37.1 Å². The lowest BCUT2D eigenvalue weighted by molar-refractivity contribution is -0.121. The molecule has 2 heterocycles. The van der Waals surface area contributed by atoms with Gasteiger partial charge < -0.3 is 10.2 Å². The van der Waals surface area contributed by atoms with Gasteiger partial charge in [0.1, 0.15) is 0 Å². The van der Waals surface area contributed by atoms with Crippen molar-refractivity contribution in [1.82, 2.24) is 9.88 Å². The molecule has 5 nitrogen and oxygen atoms in total. The Kier molecular flexibility index (Phi) is 4.66. The smallest absolute Gasteiger partial charge is 0.255 e. The minimum absolute atomic E-state index is 0.0279. The van der Waals surface area contributed by atoms with Crippen LogP contribution in [0.4, 0.5) is 5.69 Å². The third-order valence-electron chi connectivity index (χ3n) is 4.03. The van der Waals surface area contributed by atoms with Crippen molar-refractivity contribution in [2.75, 3.05) is 18.4 Å². The van der Waals surface area contributed by atoms with E-state index >= 15 is 0 Å². The lowest BCUT2D eigenvalue weighted by atomic mass is 9.96. The Morgan fingerprint density at radius 2 is 1.96 bits per heavy atom. The molecule has 118 valence electrons. The first-order chi connectivity index (χ1) is 11.2. The van der Waals surface area contributed by atoms with Crippen LogP contribution in [0.25, 0.3) is 0 Å². The van der Waals surface area contributed by atoms with Gasteiger partial charge in [-0.3, -0.25) is 14.6 Å². The second kappa shape index (κ2) is 7.05. The molecule has 0 spiro atoms. The van der Waals surface area contributed by atoms with Crippen LogP contribution < -0.4 is 5.32 Å². The summed E-state index contributed by atoms with van der Waals surface area (Å²) in [6, 6.07) is 12.9. The zero-order valence-corrected chi connectivity index (χ0v) is 12.8. The Hall–Kier alpha value is -2.69. The van der Waals surface area contributed by atoms with Crippen molar-refractivity contribution < 1.29 is 9.59 Å². The fraction of sp³-hybridized carbons (Fsp3) is 0.278. The summed E-state index contributed by atoms with van der Waals surface area (Å²) in [6.45, 7) is 1.13. The lowest BCUT2D eigenvalue weighted by Crippen LogP contribution is -2.43. The molecule has 0 bridgehead atoms. The Labute approximate surface area is 135 Å². The highest BCUT2D eigenvalue weighted by Crippen LogP contribution is 2.20. The molecular formula is C18H19N3O2. The molecule has 2 aromatic rings. The molecular weight excluding hydrogens is 290 g/mol. The summed E-state index contributed by atoms with van der Waals surface area (Å²) in [4.78, 5) is 30.6. The molecule has 1 aliphatic rings. The molecule has 1 fully saturated rings. The zero-order chi connectivity index (χ0) is 16.1. The maximum absolute atomic E-state index is 12.5. The van der Waals surface area contributed by atoms with E-state index in [0.29, 0.717) is 18.7 Å². The van der Waals surface area contributed by atoms with Gasteiger partial charge >= 0.3 is 0 Å². The number of nitrogens with zero attached hydrogens (tertiary/aromatic N) is 2. The third kappa shape index (κ3) is 3.74. The van der Waals surface area contributed by atoms with Gasteiger partial charge in [-0.25, -0.2) is 0 Å². The first-order valence-corrected chi connectivity index (χ1v) is 7.79. The van der Waals surface area contributed by atoms with Crippen LogP contribution in [0, 0.1) is 5.92 Å². The van der Waals surface area contributed by atoms with Crippen molar-refractivity contribution >= 4 is 17.5 Å². The minimum atomic E-state index is -0.176. The largest absolute Gasteiger partial charge is 0.338 e. The summed E-state index contributed by atoms with van der Waals surface area (Å²) in [5.74, 6) is -0.264. The van der Waals surface area contributed by atoms with Crippen molar-refractivity contribution in [3.8, 4) is 0 Å². The second-order valence-electron chi connectivity index (χ2n) is 5.69. The highest BCUT2D eigenvalue weighted by Gasteiger charge is 2.29. The molecule has 1 aromatic heterocycles. The van der Waals surface area contributed by atoms with Gasteiger partial charge in [0.25, 0.3) is 5.91 Å². The van der Waals surface area contributed by atoms with Crippen LogP contribution in [0.1, 0.15) is 23.2 Å². The number of nitrogens with one attached hydrogen (secondary N) is 1. The average molecular weight is 309 g/mol. The van der Waals surface area contributed by atoms with Crippen molar-refractivity contribution in [1.29, 1.82) is 0 Å². The topological polar surface area (TPSA) is 62.3 Å². The van der Waals surface area contributed by atoms with Crippen LogP contribution in [-0.4, -0.2) is 34.8 Å². The molecule has 3 rings (SSSR count). The van der Waals surface area contributed by atoms with E-state index in [-0.39, 0.29) is 17.7 Å². The first kappa shape index (κ1) is 15.2. The van der Waals surface area contributed by atoms with Crippen LogP contribution in [-0.2, 0) is 4.79 Å². The normalized spacial score (nSPS) is 17.6. The van der Waals surface area contributed by atoms with E-state index < -0.39 is 0 Å². The number of rotatable bonds is 3. The molecule has 5 heteroatoms. The fourth-order valence-corrected chi connectivity index (χ4v) is 2.81. The van der Waals surface area contributed by atoms with Gasteiger partial charge in [-0.2, -0.15) is 0 Å². The number of hydrogen-bond acceptors (Lipinski definition) is 3. The van der Waals surface area contributed by atoms with Gasteiger partial charge in [-0.15, -0.1) is 0 Å². The molecule has 23 heavy (non-hydrogen) atoms. The number of hydrogen-bond donors (Lipinski definition) is 1. The molecule has 1 aliphatic heterocycles. The standard InChI is InChI=1S/C18H19N3O2/c22-17(20-16-8-2-1-3-9-16)15-7-5-11-21(13-15)18(23)14-6-4-10-19-12-14/h1-4,6,8-10,12,15H,5,7,11,13H2,(H,20,22). The summed E-state index contributed by atoms with van der Waals surface area (Å²) in [5.41, 5.74) is 1.35. The van der Waals surface area contributed by atoms with Crippen LogP contribution in [0.2, 0.25) is 0 Å². The van der Waals surface area contributed by atoms with E-state index in [0.717, 1.165) is 18.5 Å². The maximum Gasteiger partial charge on any atom is 0.255 e. The zero-order valence-electron chi connectivity index (χ0n) is 12.8. The Balaban J connectivity index is 1.64. The van der Waals surface area contributed by atoms with E-state index in [1.54, 1.807) is 29.4 Å². The highest BCUT2D eigenvalue weighted by molar-refractivity contribution is 5.96. The van der Waals surface area contributed by atoms with E-state index in [1.165, 1.54) is 0 Å². The molecule has 1 unspecified atom stereocenters. The summed E-state index contributed by atoms with van der Waals surface area (Å²) in [7, 11) is 0. The first-order valence-electron chi connectivity index (χ1n) is 7.79. The molecule has 1 atom stereocenters. The van der Waals surface area contributed by atoms with E-state index in [2.05, 4.69) is 10.3 Å². The van der Waals surface area contributed by atoms with Crippen molar-refractivity contribution in [2.24, 2.45) is 5.92 Å². The number of benzene rings is 1. The molecule has 0 saturated carbocycles. The Morgan fingerprint density at radius 1 is 1.13 bits per heavy atom. The lowest BCUT2D eigenvalue weighted by Gasteiger charge is -2.32. The number of para-hydroxylation sites is 1. The number of carbonyl (C=O) groups is 2. The van der Waals surface area contributed by atoms with Gasteiger partial charge in [0.05, 0.1) is 11.5 Å². The van der Waals surface area contributed by atoms with Crippen LogP contribution in [0.3, 0.4) is 0 Å². The van der Waals surface area contributed by atoms with Crippen molar-refractivity contribution in [3.63, 3.8) is 0 Å².